The first kappa shape index (κ1) is 13.7. The molecule has 0 aliphatic rings. The third-order valence-electron chi connectivity index (χ3n) is 2.67. The van der Waals surface area contributed by atoms with Crippen LogP contribution in [0, 0.1) is 0 Å². The monoisotopic (exact) mass is 238 g/mol. The van der Waals surface area contributed by atoms with Crippen molar-refractivity contribution in [2.45, 2.75) is 52.5 Å². The van der Waals surface area contributed by atoms with Crippen LogP contribution in [0.25, 0.3) is 0 Å². The number of nitrogens with zero attached hydrogens (tertiary/aromatic N) is 2. The molecule has 0 aliphatic carbocycles. The lowest BCUT2D eigenvalue weighted by molar-refractivity contribution is -0.147. The Labute approximate surface area is 103 Å². The number of ether oxygens (including phenoxy) is 1. The Kier molecular flexibility index (Phi) is 5.19. The van der Waals surface area contributed by atoms with E-state index in [0.29, 0.717) is 12.5 Å². The number of carbonyl (C=O) groups excluding carboxylic acids is 1. The third-order valence-corrected chi connectivity index (χ3v) is 2.67. The highest BCUT2D eigenvalue weighted by atomic mass is 16.5. The van der Waals surface area contributed by atoms with E-state index < -0.39 is 0 Å². The average Bonchev–Trinajstić information content (AvgIpc) is 2.74. The Bertz CT molecular complexity index is 358. The van der Waals surface area contributed by atoms with E-state index in [-0.39, 0.29) is 12.0 Å². The molecule has 1 unspecified atom stereocenters. The van der Waals surface area contributed by atoms with Gasteiger partial charge < -0.3 is 9.30 Å². The molecule has 1 aromatic heterocycles. The second kappa shape index (κ2) is 6.42. The van der Waals surface area contributed by atoms with Crippen LogP contribution in [0.4, 0.5) is 0 Å². The van der Waals surface area contributed by atoms with E-state index in [1.165, 1.54) is 0 Å². The van der Waals surface area contributed by atoms with Gasteiger partial charge in [-0.1, -0.05) is 27.2 Å². The molecule has 4 heteroatoms. The van der Waals surface area contributed by atoms with E-state index in [1.54, 1.807) is 6.20 Å². The summed E-state index contributed by atoms with van der Waals surface area (Å²) in [6.45, 7) is 8.47. The Balaban J connectivity index is 2.96. The summed E-state index contributed by atoms with van der Waals surface area (Å²) in [7, 11) is 0. The lowest BCUT2D eigenvalue weighted by atomic mass is 10.1. The van der Waals surface area contributed by atoms with Gasteiger partial charge in [0.05, 0.1) is 6.61 Å². The minimum absolute atomic E-state index is 0.158. The first-order valence-corrected chi connectivity index (χ1v) is 6.31. The van der Waals surface area contributed by atoms with Gasteiger partial charge in [-0.05, 0) is 13.3 Å². The third kappa shape index (κ3) is 3.32. The van der Waals surface area contributed by atoms with Crippen molar-refractivity contribution in [1.29, 1.82) is 0 Å². The molecule has 0 bridgehead atoms. The van der Waals surface area contributed by atoms with Crippen LogP contribution in [0.2, 0.25) is 0 Å². The van der Waals surface area contributed by atoms with Crippen molar-refractivity contribution in [3.8, 4) is 0 Å². The molecule has 0 aliphatic heterocycles. The highest BCUT2D eigenvalue weighted by Crippen LogP contribution is 2.22. The van der Waals surface area contributed by atoms with Crippen LogP contribution in [0.5, 0.6) is 0 Å². The van der Waals surface area contributed by atoms with Gasteiger partial charge >= 0.3 is 5.97 Å². The number of aromatic nitrogens is 2. The van der Waals surface area contributed by atoms with Crippen molar-refractivity contribution in [2.24, 2.45) is 0 Å². The van der Waals surface area contributed by atoms with Gasteiger partial charge in [0.15, 0.2) is 0 Å². The summed E-state index contributed by atoms with van der Waals surface area (Å²) >= 11 is 0. The molecule has 1 rings (SSSR count). The fourth-order valence-corrected chi connectivity index (χ4v) is 1.92. The number of esters is 1. The van der Waals surface area contributed by atoms with E-state index in [4.69, 9.17) is 4.74 Å². The minimum Gasteiger partial charge on any atom is -0.464 e. The Morgan fingerprint density at radius 1 is 1.47 bits per heavy atom. The van der Waals surface area contributed by atoms with Crippen molar-refractivity contribution in [3.05, 3.63) is 18.2 Å². The molecule has 0 fully saturated rings. The fourth-order valence-electron chi connectivity index (χ4n) is 1.92. The highest BCUT2D eigenvalue weighted by Gasteiger charge is 2.23. The molecule has 0 saturated carbocycles. The zero-order chi connectivity index (χ0) is 12.8. The molecule has 96 valence electrons. The molecular formula is C13H22N2O2. The number of hydrogen-bond acceptors (Lipinski definition) is 3. The Morgan fingerprint density at radius 3 is 2.71 bits per heavy atom. The van der Waals surface area contributed by atoms with Crippen LogP contribution < -0.4 is 0 Å². The van der Waals surface area contributed by atoms with E-state index >= 15 is 0 Å². The first-order chi connectivity index (χ1) is 8.11. The van der Waals surface area contributed by atoms with E-state index in [0.717, 1.165) is 18.7 Å². The molecule has 0 saturated heterocycles. The van der Waals surface area contributed by atoms with Crippen molar-refractivity contribution in [1.82, 2.24) is 9.55 Å². The second-order valence-electron chi connectivity index (χ2n) is 4.40. The number of carbonyl (C=O) groups is 1. The van der Waals surface area contributed by atoms with Crippen LogP contribution >= 0.6 is 0 Å². The highest BCUT2D eigenvalue weighted by molar-refractivity contribution is 5.74. The van der Waals surface area contributed by atoms with Crippen molar-refractivity contribution < 1.29 is 9.53 Å². The maximum atomic E-state index is 11.9. The summed E-state index contributed by atoms with van der Waals surface area (Å²) in [5.41, 5.74) is 0. The lowest BCUT2D eigenvalue weighted by Crippen LogP contribution is -2.23. The molecule has 0 N–H and O–H groups in total. The van der Waals surface area contributed by atoms with Crippen molar-refractivity contribution in [2.75, 3.05) is 6.61 Å². The fraction of sp³-hybridized carbons (Fsp3) is 0.692. The lowest BCUT2D eigenvalue weighted by Gasteiger charge is -2.19. The number of imidazole rings is 1. The van der Waals surface area contributed by atoms with Crippen molar-refractivity contribution >= 4 is 5.97 Å². The molecule has 4 nitrogen and oxygen atoms in total. The maximum Gasteiger partial charge on any atom is 0.329 e. The standard InChI is InChI=1S/C13H22N2O2/c1-5-7-11(13(16)17-6-2)15-9-8-14-12(15)10(3)4/h8-11H,5-7H2,1-4H3. The van der Waals surface area contributed by atoms with Crippen LogP contribution in [0.3, 0.4) is 0 Å². The molecule has 1 atom stereocenters. The molecule has 0 radical (unpaired) electrons. The topological polar surface area (TPSA) is 44.1 Å². The SMILES string of the molecule is CCCC(C(=O)OCC)n1ccnc1C(C)C. The summed E-state index contributed by atoms with van der Waals surface area (Å²) in [5, 5.41) is 0. The van der Waals surface area contributed by atoms with E-state index in [9.17, 15) is 4.79 Å². The molecular weight excluding hydrogens is 216 g/mol. The minimum atomic E-state index is -0.236. The molecule has 0 amide bonds. The molecule has 1 heterocycles. The quantitative estimate of drug-likeness (QED) is 0.716. The van der Waals surface area contributed by atoms with Crippen molar-refractivity contribution in [3.63, 3.8) is 0 Å². The zero-order valence-electron chi connectivity index (χ0n) is 11.1. The largest absolute Gasteiger partial charge is 0.464 e. The van der Waals surface area contributed by atoms with E-state index in [1.807, 2.05) is 17.7 Å². The summed E-state index contributed by atoms with van der Waals surface area (Å²) in [6.07, 6.45) is 5.35. The normalized spacial score (nSPS) is 12.8. The summed E-state index contributed by atoms with van der Waals surface area (Å²) in [6, 6.07) is -0.236. The van der Waals surface area contributed by atoms with Gasteiger partial charge in [0.25, 0.3) is 0 Å². The van der Waals surface area contributed by atoms with Gasteiger partial charge in [0.1, 0.15) is 11.9 Å². The number of hydrogen-bond donors (Lipinski definition) is 0. The molecule has 17 heavy (non-hydrogen) atoms. The molecule has 0 spiro atoms. The summed E-state index contributed by atoms with van der Waals surface area (Å²) in [4.78, 5) is 16.3. The summed E-state index contributed by atoms with van der Waals surface area (Å²) < 4.78 is 7.08. The van der Waals surface area contributed by atoms with Gasteiger partial charge in [-0.25, -0.2) is 9.78 Å². The Hall–Kier alpha value is -1.32. The number of rotatable bonds is 6. The summed E-state index contributed by atoms with van der Waals surface area (Å²) in [5.74, 6) is 1.09. The molecule has 0 aromatic carbocycles. The van der Waals surface area contributed by atoms with Gasteiger partial charge in [-0.3, -0.25) is 0 Å². The van der Waals surface area contributed by atoms with Gasteiger partial charge in [-0.2, -0.15) is 0 Å². The average molecular weight is 238 g/mol. The molecule has 1 aromatic rings. The van der Waals surface area contributed by atoms with Crippen LogP contribution in [-0.4, -0.2) is 22.1 Å². The predicted molar refractivity (Wildman–Crippen MR) is 66.9 cm³/mol. The smallest absolute Gasteiger partial charge is 0.329 e. The van der Waals surface area contributed by atoms with Crippen LogP contribution in [0.1, 0.15) is 58.3 Å². The first-order valence-electron chi connectivity index (χ1n) is 6.31. The van der Waals surface area contributed by atoms with Gasteiger partial charge in [-0.15, -0.1) is 0 Å². The maximum absolute atomic E-state index is 11.9. The van der Waals surface area contributed by atoms with Gasteiger partial charge in [0, 0.05) is 18.3 Å². The van der Waals surface area contributed by atoms with Crippen LogP contribution in [-0.2, 0) is 9.53 Å². The van der Waals surface area contributed by atoms with Gasteiger partial charge in [0.2, 0.25) is 0 Å². The van der Waals surface area contributed by atoms with Crippen LogP contribution in [0.15, 0.2) is 12.4 Å². The van der Waals surface area contributed by atoms with E-state index in [2.05, 4.69) is 25.8 Å². The predicted octanol–water partition coefficient (Wildman–Crippen LogP) is 2.91. The second-order valence-corrected chi connectivity index (χ2v) is 4.40. The zero-order valence-corrected chi connectivity index (χ0v) is 11.1. The Morgan fingerprint density at radius 2 is 2.18 bits per heavy atom.